The number of rotatable bonds is 30. The number of ether oxygens (including phenoxy) is 2. The Hall–Kier alpha value is -5.96. The number of benzene rings is 2. The van der Waals surface area contributed by atoms with Crippen molar-refractivity contribution in [3.05, 3.63) is 66.0 Å². The van der Waals surface area contributed by atoms with E-state index in [0.29, 0.717) is 37.3 Å². The number of anilines is 2. The molecule has 25 heteroatoms. The molecule has 0 unspecified atom stereocenters. The Kier molecular flexibility index (Phi) is 23.4. The zero-order valence-corrected chi connectivity index (χ0v) is 51.3. The molecule has 0 bridgehead atoms. The number of carbonyl (C=O) groups excluding carboxylic acids is 5. The van der Waals surface area contributed by atoms with Crippen molar-refractivity contribution >= 4 is 67.9 Å². The zero-order valence-electron chi connectivity index (χ0n) is 49.5. The smallest absolute Gasteiger partial charge is 0.407 e. The molecule has 0 saturated carbocycles. The number of esters is 1. The van der Waals surface area contributed by atoms with Gasteiger partial charge in [-0.15, -0.1) is 0 Å². The van der Waals surface area contributed by atoms with Crippen molar-refractivity contribution in [3.8, 4) is 11.1 Å². The third kappa shape index (κ3) is 22.4. The van der Waals surface area contributed by atoms with Crippen LogP contribution in [0.2, 0.25) is 0 Å². The van der Waals surface area contributed by atoms with Crippen LogP contribution in [-0.2, 0) is 62.4 Å². The van der Waals surface area contributed by atoms with E-state index in [2.05, 4.69) is 31.6 Å². The fraction of sp³-hybridized carbons (Fsp3) is 0.607. The van der Waals surface area contributed by atoms with E-state index in [1.54, 1.807) is 90.0 Å². The molecule has 1 aliphatic rings. The van der Waals surface area contributed by atoms with Gasteiger partial charge in [0.2, 0.25) is 23.7 Å². The van der Waals surface area contributed by atoms with Gasteiger partial charge in [0.05, 0.1) is 47.7 Å². The largest absolute Gasteiger partial charge is 0.465 e. The van der Waals surface area contributed by atoms with Crippen molar-refractivity contribution in [2.24, 2.45) is 0 Å². The van der Waals surface area contributed by atoms with Crippen molar-refractivity contribution < 1.29 is 60.7 Å². The molecule has 1 aliphatic carbocycles. The van der Waals surface area contributed by atoms with Crippen molar-refractivity contribution in [1.29, 1.82) is 0 Å². The molecule has 0 spiro atoms. The van der Waals surface area contributed by atoms with Gasteiger partial charge in [0.25, 0.3) is 0 Å². The molecule has 2 aromatic heterocycles. The number of aromatic nitrogens is 4. The lowest BCUT2D eigenvalue weighted by molar-refractivity contribution is -0.149. The molecule has 4 amide bonds. The second-order valence-electron chi connectivity index (χ2n) is 23.6. The third-order valence-corrected chi connectivity index (χ3v) is 16.4. The number of imidazole rings is 1. The highest BCUT2D eigenvalue weighted by atomic mass is 31.2. The van der Waals surface area contributed by atoms with Crippen molar-refractivity contribution in [2.75, 3.05) is 82.0 Å². The van der Waals surface area contributed by atoms with E-state index in [1.807, 2.05) is 48.5 Å². The van der Waals surface area contributed by atoms with Crippen LogP contribution in [0.5, 0.6) is 0 Å². The molecule has 4 aromatic rings. The first-order valence-electron chi connectivity index (χ1n) is 27.6. The summed E-state index contributed by atoms with van der Waals surface area (Å²) in [6.45, 7) is 23.5. The van der Waals surface area contributed by atoms with Crippen molar-refractivity contribution in [1.82, 2.24) is 40.4 Å². The lowest BCUT2D eigenvalue weighted by Gasteiger charge is -2.32. The molecule has 81 heavy (non-hydrogen) atoms. The summed E-state index contributed by atoms with van der Waals surface area (Å²) >= 11 is 0. The Morgan fingerprint density at radius 3 is 1.62 bits per heavy atom. The quantitative estimate of drug-likeness (QED) is 0.0185. The maximum Gasteiger partial charge on any atom is 0.407 e. The van der Waals surface area contributed by atoms with Crippen LogP contribution in [0.4, 0.5) is 16.6 Å². The number of nitrogens with one attached hydrogen (secondary N) is 5. The second kappa shape index (κ2) is 28.8. The lowest BCUT2D eigenvalue weighted by Crippen LogP contribution is -2.43. The summed E-state index contributed by atoms with van der Waals surface area (Å²) in [5.41, 5.74) is 1.90. The Balaban J connectivity index is 1.24. The Labute approximate surface area is 476 Å². The summed E-state index contributed by atoms with van der Waals surface area (Å²) in [6, 6.07) is 16.0. The van der Waals surface area contributed by atoms with Gasteiger partial charge in [0.1, 0.15) is 19.7 Å². The van der Waals surface area contributed by atoms with Gasteiger partial charge in [0.15, 0.2) is 17.0 Å². The molecule has 0 fully saturated rings. The van der Waals surface area contributed by atoms with E-state index in [4.69, 9.17) is 37.5 Å². The summed E-state index contributed by atoms with van der Waals surface area (Å²) in [5.74, 6) is -1.43. The molecular weight excluding hydrogens is 1080 g/mol. The first-order valence-corrected chi connectivity index (χ1v) is 31.1. The van der Waals surface area contributed by atoms with Crippen molar-refractivity contribution in [3.63, 3.8) is 0 Å². The summed E-state index contributed by atoms with van der Waals surface area (Å²) in [4.78, 5) is 81.2. The van der Waals surface area contributed by atoms with Gasteiger partial charge in [-0.25, -0.2) is 9.78 Å². The maximum absolute atomic E-state index is 14.1. The van der Waals surface area contributed by atoms with E-state index in [0.717, 1.165) is 22.3 Å². The standard InChI is InChI=1S/C56H86N10O13P2/c1-14-74-47(70)36-65(32-31-61-52(71)75-37-43-41-23-17-15-21-39(41)40-22-16-18-24-42(40)43)46(69)35-66-38-62-48-49(59-29-19-27-57-44(67)25-33-80(72,76-53(2,3)4)77-54(5,6)7)63-51(64-50(48)66)60-30-20-28-58-45(68)26-34-81(73,78-55(8,9)10)79-56(11,12)13/h15-18,21-24,38,43H,14,19-20,25-37H2,1-13H3,(H,57,67)(H,58,68)(H,61,71)(H2,59,60,63,64). The number of alkyl carbamates (subject to hydrolysis) is 1. The van der Waals surface area contributed by atoms with E-state index in [1.165, 1.54) is 15.8 Å². The minimum atomic E-state index is -3.62. The number of carbonyl (C=O) groups is 5. The molecule has 2 aromatic carbocycles. The van der Waals surface area contributed by atoms with Gasteiger partial charge in [0, 0.05) is 58.0 Å². The normalized spacial score (nSPS) is 13.0. The van der Waals surface area contributed by atoms with Crippen LogP contribution in [0.1, 0.15) is 133 Å². The molecule has 2 heterocycles. The van der Waals surface area contributed by atoms with Gasteiger partial charge >= 0.3 is 27.3 Å². The minimum absolute atomic E-state index is 0.0339. The van der Waals surface area contributed by atoms with E-state index in [-0.39, 0.29) is 100 Å². The molecule has 0 atom stereocenters. The minimum Gasteiger partial charge on any atom is -0.465 e. The van der Waals surface area contributed by atoms with Gasteiger partial charge < -0.3 is 63.6 Å². The first kappa shape index (κ1) is 65.8. The SMILES string of the molecule is CCOC(=O)CN(CCNC(=O)OCC1c2ccccc2-c2ccccc21)C(=O)Cn1cnc2c(NCCCNC(=O)CCP(=O)(OC(C)(C)C)OC(C)(C)C)nc(NCCCNC(=O)CCP(=O)(OC(C)(C)C)OC(C)(C)C)nc21. The molecule has 448 valence electrons. The second-order valence-corrected chi connectivity index (χ2v) is 27.6. The molecule has 23 nitrogen and oxygen atoms in total. The van der Waals surface area contributed by atoms with E-state index in [9.17, 15) is 33.1 Å². The average molecular weight is 1170 g/mol. The van der Waals surface area contributed by atoms with Crippen LogP contribution in [-0.4, -0.2) is 148 Å². The molecule has 0 radical (unpaired) electrons. The van der Waals surface area contributed by atoms with Gasteiger partial charge in [-0.3, -0.25) is 28.3 Å². The Morgan fingerprint density at radius 2 is 1.12 bits per heavy atom. The summed E-state index contributed by atoms with van der Waals surface area (Å²) in [6.07, 6.45) is 1.29. The van der Waals surface area contributed by atoms with Crippen LogP contribution in [0.3, 0.4) is 0 Å². The number of hydrogen-bond acceptors (Lipinski definition) is 18. The average Bonchev–Trinajstić information content (AvgIpc) is 4.17. The summed E-state index contributed by atoms with van der Waals surface area (Å²) in [5, 5.41) is 14.9. The van der Waals surface area contributed by atoms with E-state index < -0.39 is 62.1 Å². The summed E-state index contributed by atoms with van der Waals surface area (Å²) < 4.78 is 63.0. The number of nitrogens with zero attached hydrogens (tertiary/aromatic N) is 5. The van der Waals surface area contributed by atoms with Gasteiger partial charge in [-0.2, -0.15) is 9.97 Å². The first-order chi connectivity index (χ1) is 37.8. The molecule has 5 N–H and O–H groups in total. The Bertz CT molecular complexity index is 2800. The van der Waals surface area contributed by atoms with E-state index >= 15 is 0 Å². The molecular formula is C56H86N10O13P2. The van der Waals surface area contributed by atoms with Crippen LogP contribution in [0, 0.1) is 0 Å². The molecule has 0 saturated heterocycles. The highest BCUT2D eigenvalue weighted by Crippen LogP contribution is 2.56. The van der Waals surface area contributed by atoms with Crippen LogP contribution in [0.25, 0.3) is 22.3 Å². The number of fused-ring (bicyclic) bond motifs is 4. The predicted octanol–water partition coefficient (Wildman–Crippen LogP) is 9.02. The van der Waals surface area contributed by atoms with Crippen LogP contribution in [0.15, 0.2) is 54.9 Å². The molecule has 0 aliphatic heterocycles. The summed E-state index contributed by atoms with van der Waals surface area (Å²) in [7, 11) is -7.24. The van der Waals surface area contributed by atoms with Crippen molar-refractivity contribution in [2.45, 2.75) is 151 Å². The van der Waals surface area contributed by atoms with Gasteiger partial charge in [-0.1, -0.05) is 48.5 Å². The fourth-order valence-electron chi connectivity index (χ4n) is 8.69. The third-order valence-electron chi connectivity index (χ3n) is 11.5. The highest BCUT2D eigenvalue weighted by Gasteiger charge is 2.37. The van der Waals surface area contributed by atoms with Crippen LogP contribution < -0.4 is 26.6 Å². The predicted molar refractivity (Wildman–Crippen MR) is 311 cm³/mol. The number of hydrogen-bond donors (Lipinski definition) is 5. The Morgan fingerprint density at radius 1 is 0.630 bits per heavy atom. The monoisotopic (exact) mass is 1170 g/mol. The maximum atomic E-state index is 14.1. The number of amides is 4. The topological polar surface area (TPSA) is 282 Å². The van der Waals surface area contributed by atoms with Gasteiger partial charge in [-0.05, 0) is 125 Å². The van der Waals surface area contributed by atoms with Crippen LogP contribution >= 0.6 is 15.2 Å². The fourth-order valence-corrected chi connectivity index (χ4v) is 13.4. The molecule has 5 rings (SSSR count). The highest BCUT2D eigenvalue weighted by molar-refractivity contribution is 7.54. The zero-order chi connectivity index (χ0) is 59.8. The lowest BCUT2D eigenvalue weighted by atomic mass is 9.98.